The summed E-state index contributed by atoms with van der Waals surface area (Å²) in [4.78, 5) is 0. The zero-order valence-corrected chi connectivity index (χ0v) is 9.60. The Labute approximate surface area is 83.1 Å². The number of methoxy groups -OCH3 is 1. The van der Waals surface area contributed by atoms with Crippen molar-refractivity contribution in [3.63, 3.8) is 0 Å². The molecule has 2 nitrogen and oxygen atoms in total. The molecule has 1 N–H and O–H groups in total. The molecule has 2 atom stereocenters. The molecule has 0 radical (unpaired) electrons. The van der Waals surface area contributed by atoms with Crippen LogP contribution in [-0.2, 0) is 4.74 Å². The second-order valence-electron chi connectivity index (χ2n) is 3.91. The van der Waals surface area contributed by atoms with Gasteiger partial charge in [0.25, 0.3) is 0 Å². The van der Waals surface area contributed by atoms with Crippen LogP contribution in [0.4, 0.5) is 0 Å². The number of rotatable bonds is 8. The summed E-state index contributed by atoms with van der Waals surface area (Å²) in [6.45, 7) is 5.42. The van der Waals surface area contributed by atoms with E-state index in [0.717, 1.165) is 12.5 Å². The fourth-order valence-corrected chi connectivity index (χ4v) is 1.64. The van der Waals surface area contributed by atoms with Gasteiger partial charge in [-0.15, -0.1) is 0 Å². The van der Waals surface area contributed by atoms with Gasteiger partial charge in [-0.3, -0.25) is 0 Å². The van der Waals surface area contributed by atoms with E-state index in [0.29, 0.717) is 6.04 Å². The Balaban J connectivity index is 3.46. The van der Waals surface area contributed by atoms with Gasteiger partial charge in [-0.25, -0.2) is 0 Å². The lowest BCUT2D eigenvalue weighted by atomic mass is 9.98. The van der Waals surface area contributed by atoms with Gasteiger partial charge >= 0.3 is 0 Å². The maximum Gasteiger partial charge on any atom is 0.0615 e. The predicted molar refractivity (Wildman–Crippen MR) is 58.0 cm³/mol. The van der Waals surface area contributed by atoms with Crippen molar-refractivity contribution >= 4 is 0 Å². The van der Waals surface area contributed by atoms with Gasteiger partial charge in [0.2, 0.25) is 0 Å². The summed E-state index contributed by atoms with van der Waals surface area (Å²) in [5, 5.41) is 3.28. The molecule has 0 bridgehead atoms. The van der Waals surface area contributed by atoms with Gasteiger partial charge in [-0.1, -0.05) is 26.7 Å². The average Bonchev–Trinajstić information content (AvgIpc) is 2.12. The first kappa shape index (κ1) is 12.9. The molecule has 2 heteroatoms. The molecule has 0 aliphatic rings. The van der Waals surface area contributed by atoms with E-state index in [9.17, 15) is 0 Å². The molecule has 0 saturated carbocycles. The van der Waals surface area contributed by atoms with Crippen LogP contribution in [-0.4, -0.2) is 26.8 Å². The molecule has 0 heterocycles. The molecule has 0 aliphatic heterocycles. The highest BCUT2D eigenvalue weighted by molar-refractivity contribution is 4.65. The summed E-state index contributed by atoms with van der Waals surface area (Å²) in [5.74, 6) is 0.859. The van der Waals surface area contributed by atoms with Crippen LogP contribution in [0, 0.1) is 5.92 Å². The average molecular weight is 187 g/mol. The topological polar surface area (TPSA) is 21.3 Å². The van der Waals surface area contributed by atoms with Crippen molar-refractivity contribution in [1.29, 1.82) is 0 Å². The van der Waals surface area contributed by atoms with Crippen molar-refractivity contribution < 1.29 is 4.74 Å². The number of hydrogen-bond donors (Lipinski definition) is 1. The van der Waals surface area contributed by atoms with Gasteiger partial charge in [-0.2, -0.15) is 0 Å². The first-order valence-electron chi connectivity index (χ1n) is 5.40. The number of ether oxygens (including phenoxy) is 1. The van der Waals surface area contributed by atoms with Crippen molar-refractivity contribution in [3.8, 4) is 0 Å². The van der Waals surface area contributed by atoms with Crippen LogP contribution in [0.5, 0.6) is 0 Å². The van der Waals surface area contributed by atoms with Crippen molar-refractivity contribution in [2.75, 3.05) is 20.8 Å². The molecule has 0 amide bonds. The third-order valence-electron chi connectivity index (χ3n) is 2.57. The lowest BCUT2D eigenvalue weighted by Gasteiger charge is -2.17. The summed E-state index contributed by atoms with van der Waals surface area (Å²) in [5.41, 5.74) is 0. The fraction of sp³-hybridized carbons (Fsp3) is 1.00. The second kappa shape index (κ2) is 8.52. The number of nitrogens with one attached hydrogen (secondary N) is 1. The first-order valence-corrected chi connectivity index (χ1v) is 5.40. The Hall–Kier alpha value is -0.0800. The summed E-state index contributed by atoms with van der Waals surface area (Å²) in [6.07, 6.45) is 5.19. The van der Waals surface area contributed by atoms with Crippen LogP contribution in [0.1, 0.15) is 39.5 Å². The standard InChI is InChI=1S/C11H25NO/c1-5-6-10(2)7-8-11(12-3)9-13-4/h10-12H,5-9H2,1-4H3. The highest BCUT2D eigenvalue weighted by Crippen LogP contribution is 2.13. The van der Waals surface area contributed by atoms with E-state index in [1.165, 1.54) is 25.7 Å². The number of hydrogen-bond acceptors (Lipinski definition) is 2. The quantitative estimate of drug-likeness (QED) is 0.630. The number of likely N-dealkylation sites (N-methyl/N-ethyl adjacent to an activating group) is 1. The van der Waals surface area contributed by atoms with Gasteiger partial charge < -0.3 is 10.1 Å². The summed E-state index contributed by atoms with van der Waals surface area (Å²) < 4.78 is 5.12. The van der Waals surface area contributed by atoms with E-state index in [1.807, 2.05) is 7.05 Å². The SMILES string of the molecule is CCCC(C)CCC(COC)NC. The van der Waals surface area contributed by atoms with Crippen molar-refractivity contribution in [1.82, 2.24) is 5.32 Å². The molecule has 0 saturated heterocycles. The molecule has 0 aromatic heterocycles. The molecule has 0 aromatic carbocycles. The van der Waals surface area contributed by atoms with E-state index in [1.54, 1.807) is 7.11 Å². The molecule has 0 spiro atoms. The van der Waals surface area contributed by atoms with Crippen LogP contribution in [0.25, 0.3) is 0 Å². The Kier molecular flexibility index (Phi) is 8.46. The van der Waals surface area contributed by atoms with E-state index >= 15 is 0 Å². The van der Waals surface area contributed by atoms with E-state index in [-0.39, 0.29) is 0 Å². The lowest BCUT2D eigenvalue weighted by molar-refractivity contribution is 0.162. The molecule has 0 aliphatic carbocycles. The molecule has 0 rings (SSSR count). The monoisotopic (exact) mass is 187 g/mol. The third kappa shape index (κ3) is 7.03. The van der Waals surface area contributed by atoms with Crippen LogP contribution in [0.2, 0.25) is 0 Å². The normalized spacial score (nSPS) is 15.7. The Morgan fingerprint density at radius 2 is 1.92 bits per heavy atom. The van der Waals surface area contributed by atoms with E-state index in [4.69, 9.17) is 4.74 Å². The van der Waals surface area contributed by atoms with Gasteiger partial charge in [-0.05, 0) is 25.8 Å². The van der Waals surface area contributed by atoms with E-state index < -0.39 is 0 Å². The molecular weight excluding hydrogens is 162 g/mol. The van der Waals surface area contributed by atoms with Crippen molar-refractivity contribution in [3.05, 3.63) is 0 Å². The summed E-state index contributed by atoms with van der Waals surface area (Å²) in [6, 6.07) is 0.532. The van der Waals surface area contributed by atoms with Gasteiger partial charge in [0.1, 0.15) is 0 Å². The zero-order valence-electron chi connectivity index (χ0n) is 9.60. The Bertz CT molecular complexity index is 106. The van der Waals surface area contributed by atoms with Crippen molar-refractivity contribution in [2.24, 2.45) is 5.92 Å². The minimum atomic E-state index is 0.532. The molecule has 2 unspecified atom stereocenters. The van der Waals surface area contributed by atoms with Gasteiger partial charge in [0.15, 0.2) is 0 Å². The smallest absolute Gasteiger partial charge is 0.0615 e. The van der Waals surface area contributed by atoms with Crippen LogP contribution in [0.15, 0.2) is 0 Å². The third-order valence-corrected chi connectivity index (χ3v) is 2.57. The maximum absolute atomic E-state index is 5.12. The Morgan fingerprint density at radius 1 is 1.23 bits per heavy atom. The molecule has 0 aromatic rings. The largest absolute Gasteiger partial charge is 0.383 e. The van der Waals surface area contributed by atoms with Crippen LogP contribution < -0.4 is 5.32 Å². The van der Waals surface area contributed by atoms with Gasteiger partial charge in [0, 0.05) is 13.2 Å². The first-order chi connectivity index (χ1) is 6.24. The van der Waals surface area contributed by atoms with Crippen LogP contribution in [0.3, 0.4) is 0 Å². The van der Waals surface area contributed by atoms with Crippen LogP contribution >= 0.6 is 0 Å². The maximum atomic E-state index is 5.12. The molecule has 80 valence electrons. The lowest BCUT2D eigenvalue weighted by Crippen LogP contribution is -2.30. The highest BCUT2D eigenvalue weighted by Gasteiger charge is 2.07. The second-order valence-corrected chi connectivity index (χ2v) is 3.91. The minimum Gasteiger partial charge on any atom is -0.383 e. The van der Waals surface area contributed by atoms with Crippen molar-refractivity contribution in [2.45, 2.75) is 45.6 Å². The molecule has 13 heavy (non-hydrogen) atoms. The minimum absolute atomic E-state index is 0.532. The fourth-order valence-electron chi connectivity index (χ4n) is 1.64. The predicted octanol–water partition coefficient (Wildman–Crippen LogP) is 2.44. The Morgan fingerprint density at radius 3 is 2.38 bits per heavy atom. The highest BCUT2D eigenvalue weighted by atomic mass is 16.5. The summed E-state index contributed by atoms with van der Waals surface area (Å²) >= 11 is 0. The summed E-state index contributed by atoms with van der Waals surface area (Å²) in [7, 11) is 3.77. The molecule has 0 fully saturated rings. The van der Waals surface area contributed by atoms with E-state index in [2.05, 4.69) is 19.2 Å². The zero-order chi connectivity index (χ0) is 10.1. The van der Waals surface area contributed by atoms with Gasteiger partial charge in [0.05, 0.1) is 6.61 Å². The molecular formula is C11H25NO.